The maximum atomic E-state index is 11.3. The van der Waals surface area contributed by atoms with Crippen LogP contribution >= 0.6 is 0 Å². The number of hydrogen-bond donors (Lipinski definition) is 0. The molecule has 1 aromatic heterocycles. The molecule has 0 spiro atoms. The summed E-state index contributed by atoms with van der Waals surface area (Å²) < 4.78 is 10.1. The van der Waals surface area contributed by atoms with Crippen LogP contribution in [0.5, 0.6) is 11.6 Å². The molecule has 0 atom stereocenters. The first kappa shape index (κ1) is 13.0. The van der Waals surface area contributed by atoms with Crippen molar-refractivity contribution in [3.05, 3.63) is 47.4 Å². The predicted molar refractivity (Wildman–Crippen MR) is 69.4 cm³/mol. The molecule has 98 valence electrons. The van der Waals surface area contributed by atoms with Gasteiger partial charge in [-0.05, 0) is 37.1 Å². The van der Waals surface area contributed by atoms with Crippen molar-refractivity contribution in [3.63, 3.8) is 0 Å². The summed E-state index contributed by atoms with van der Waals surface area (Å²) >= 11 is 0. The molecule has 0 bridgehead atoms. The van der Waals surface area contributed by atoms with Crippen LogP contribution in [0.1, 0.15) is 21.6 Å². The van der Waals surface area contributed by atoms with Crippen molar-refractivity contribution in [2.75, 3.05) is 7.11 Å². The highest BCUT2D eigenvalue weighted by atomic mass is 16.5. The molecular weight excluding hydrogens is 244 g/mol. The Labute approximate surface area is 111 Å². The number of hydrogen-bond acceptors (Lipinski definition) is 5. The van der Waals surface area contributed by atoms with E-state index in [0.717, 1.165) is 5.56 Å². The number of carbonyl (C=O) groups excluding carboxylic acids is 1. The molecular formula is C14H14N2O3. The minimum Gasteiger partial charge on any atom is -0.464 e. The SMILES string of the molecule is COC(=O)c1cncc(Oc2ccc(C)c(C)c2)n1. The minimum atomic E-state index is -0.543. The molecule has 2 aromatic rings. The summed E-state index contributed by atoms with van der Waals surface area (Å²) in [6.07, 6.45) is 2.78. The highest BCUT2D eigenvalue weighted by Gasteiger charge is 2.09. The second-order valence-corrected chi connectivity index (χ2v) is 4.08. The molecule has 0 amide bonds. The lowest BCUT2D eigenvalue weighted by Crippen LogP contribution is -2.05. The first-order valence-electron chi connectivity index (χ1n) is 5.75. The Kier molecular flexibility index (Phi) is 3.75. The maximum absolute atomic E-state index is 11.3. The van der Waals surface area contributed by atoms with Crippen LogP contribution in [0.3, 0.4) is 0 Å². The Morgan fingerprint density at radius 2 is 1.95 bits per heavy atom. The molecule has 5 nitrogen and oxygen atoms in total. The quantitative estimate of drug-likeness (QED) is 0.792. The monoisotopic (exact) mass is 258 g/mol. The average molecular weight is 258 g/mol. The zero-order valence-electron chi connectivity index (χ0n) is 11.0. The molecule has 0 fully saturated rings. The maximum Gasteiger partial charge on any atom is 0.358 e. The highest BCUT2D eigenvalue weighted by molar-refractivity contribution is 5.86. The lowest BCUT2D eigenvalue weighted by atomic mass is 10.1. The van der Waals surface area contributed by atoms with Gasteiger partial charge in [-0.1, -0.05) is 6.07 Å². The van der Waals surface area contributed by atoms with Crippen molar-refractivity contribution in [2.24, 2.45) is 0 Å². The molecule has 0 aliphatic heterocycles. The van der Waals surface area contributed by atoms with E-state index in [9.17, 15) is 4.79 Å². The second kappa shape index (κ2) is 5.48. The average Bonchev–Trinajstić information content (AvgIpc) is 2.42. The number of aryl methyl sites for hydroxylation is 2. The molecule has 0 unspecified atom stereocenters. The summed E-state index contributed by atoms with van der Waals surface area (Å²) in [4.78, 5) is 19.3. The van der Waals surface area contributed by atoms with E-state index in [1.165, 1.54) is 25.1 Å². The third-order valence-corrected chi connectivity index (χ3v) is 2.71. The summed E-state index contributed by atoms with van der Waals surface area (Å²) in [6.45, 7) is 4.02. The summed E-state index contributed by atoms with van der Waals surface area (Å²) in [6, 6.07) is 5.71. The van der Waals surface area contributed by atoms with E-state index in [2.05, 4.69) is 14.7 Å². The van der Waals surface area contributed by atoms with Gasteiger partial charge in [0.1, 0.15) is 5.75 Å². The van der Waals surface area contributed by atoms with Gasteiger partial charge in [-0.15, -0.1) is 0 Å². The van der Waals surface area contributed by atoms with E-state index < -0.39 is 5.97 Å². The topological polar surface area (TPSA) is 61.3 Å². The van der Waals surface area contributed by atoms with Gasteiger partial charge in [-0.25, -0.2) is 9.78 Å². The van der Waals surface area contributed by atoms with Crippen LogP contribution in [-0.2, 0) is 4.74 Å². The summed E-state index contributed by atoms with van der Waals surface area (Å²) in [5.41, 5.74) is 2.42. The molecule has 1 heterocycles. The van der Waals surface area contributed by atoms with E-state index in [4.69, 9.17) is 4.74 Å². The minimum absolute atomic E-state index is 0.115. The number of nitrogens with zero attached hydrogens (tertiary/aromatic N) is 2. The van der Waals surface area contributed by atoms with Crippen molar-refractivity contribution in [1.29, 1.82) is 0 Å². The largest absolute Gasteiger partial charge is 0.464 e. The summed E-state index contributed by atoms with van der Waals surface area (Å²) in [7, 11) is 1.29. The van der Waals surface area contributed by atoms with E-state index >= 15 is 0 Å². The lowest BCUT2D eigenvalue weighted by molar-refractivity contribution is 0.0592. The molecule has 0 saturated heterocycles. The van der Waals surface area contributed by atoms with Crippen molar-refractivity contribution >= 4 is 5.97 Å². The van der Waals surface area contributed by atoms with Crippen LogP contribution in [0.4, 0.5) is 0 Å². The van der Waals surface area contributed by atoms with Crippen LogP contribution in [0.25, 0.3) is 0 Å². The molecule has 2 rings (SSSR count). The number of methoxy groups -OCH3 is 1. The van der Waals surface area contributed by atoms with Gasteiger partial charge in [0, 0.05) is 0 Å². The van der Waals surface area contributed by atoms with E-state index in [1.807, 2.05) is 32.0 Å². The first-order chi connectivity index (χ1) is 9.10. The first-order valence-corrected chi connectivity index (χ1v) is 5.75. The van der Waals surface area contributed by atoms with E-state index in [0.29, 0.717) is 5.75 Å². The Morgan fingerprint density at radius 1 is 1.16 bits per heavy atom. The van der Waals surface area contributed by atoms with Gasteiger partial charge in [0.25, 0.3) is 0 Å². The van der Waals surface area contributed by atoms with E-state index in [1.54, 1.807) is 0 Å². The Bertz CT molecular complexity index is 611. The van der Waals surface area contributed by atoms with Crippen molar-refractivity contribution < 1.29 is 14.3 Å². The molecule has 0 aliphatic carbocycles. The smallest absolute Gasteiger partial charge is 0.358 e. The lowest BCUT2D eigenvalue weighted by Gasteiger charge is -2.07. The second-order valence-electron chi connectivity index (χ2n) is 4.08. The number of esters is 1. The van der Waals surface area contributed by atoms with Gasteiger partial charge >= 0.3 is 5.97 Å². The van der Waals surface area contributed by atoms with Crippen LogP contribution in [0.2, 0.25) is 0 Å². The van der Waals surface area contributed by atoms with Crippen molar-refractivity contribution in [2.45, 2.75) is 13.8 Å². The Morgan fingerprint density at radius 3 is 2.63 bits per heavy atom. The number of rotatable bonds is 3. The molecule has 0 saturated carbocycles. The third kappa shape index (κ3) is 3.07. The molecule has 19 heavy (non-hydrogen) atoms. The molecule has 0 radical (unpaired) electrons. The van der Waals surface area contributed by atoms with Gasteiger partial charge in [0.05, 0.1) is 19.5 Å². The van der Waals surface area contributed by atoms with Crippen molar-refractivity contribution in [1.82, 2.24) is 9.97 Å². The molecule has 0 N–H and O–H groups in total. The number of carbonyl (C=O) groups is 1. The zero-order valence-corrected chi connectivity index (χ0v) is 11.0. The van der Waals surface area contributed by atoms with Crippen LogP contribution in [0.15, 0.2) is 30.6 Å². The van der Waals surface area contributed by atoms with Crippen LogP contribution in [0, 0.1) is 13.8 Å². The van der Waals surface area contributed by atoms with Gasteiger partial charge in [-0.2, -0.15) is 0 Å². The molecule has 5 heteroatoms. The highest BCUT2D eigenvalue weighted by Crippen LogP contribution is 2.21. The third-order valence-electron chi connectivity index (χ3n) is 2.71. The Balaban J connectivity index is 2.23. The summed E-state index contributed by atoms with van der Waals surface area (Å²) in [5, 5.41) is 0. The van der Waals surface area contributed by atoms with Gasteiger partial charge in [0.2, 0.25) is 5.88 Å². The standard InChI is InChI=1S/C14H14N2O3/c1-9-4-5-11(6-10(9)2)19-13-8-15-7-12(16-13)14(17)18-3/h4-8H,1-3H3. The number of aromatic nitrogens is 2. The van der Waals surface area contributed by atoms with Gasteiger partial charge in [-0.3, -0.25) is 4.98 Å². The molecule has 1 aromatic carbocycles. The normalized spacial score (nSPS) is 10.1. The van der Waals surface area contributed by atoms with Crippen LogP contribution < -0.4 is 4.74 Å². The Hall–Kier alpha value is -2.43. The van der Waals surface area contributed by atoms with Crippen molar-refractivity contribution in [3.8, 4) is 11.6 Å². The van der Waals surface area contributed by atoms with Gasteiger partial charge < -0.3 is 9.47 Å². The number of benzene rings is 1. The fourth-order valence-corrected chi connectivity index (χ4v) is 1.50. The fourth-order valence-electron chi connectivity index (χ4n) is 1.50. The van der Waals surface area contributed by atoms with Crippen LogP contribution in [-0.4, -0.2) is 23.0 Å². The zero-order chi connectivity index (χ0) is 13.8. The van der Waals surface area contributed by atoms with E-state index in [-0.39, 0.29) is 11.6 Å². The predicted octanol–water partition coefficient (Wildman–Crippen LogP) is 2.67. The molecule has 0 aliphatic rings. The fraction of sp³-hybridized carbons (Fsp3) is 0.214. The van der Waals surface area contributed by atoms with Gasteiger partial charge in [0.15, 0.2) is 5.69 Å². The summed E-state index contributed by atoms with van der Waals surface area (Å²) in [5.74, 6) is 0.364. The number of ether oxygens (including phenoxy) is 2.